The van der Waals surface area contributed by atoms with Crippen molar-refractivity contribution in [3.63, 3.8) is 0 Å². The van der Waals surface area contributed by atoms with Gasteiger partial charge >= 0.3 is 5.97 Å². The van der Waals surface area contributed by atoms with Crippen molar-refractivity contribution in [1.29, 1.82) is 0 Å². The predicted molar refractivity (Wildman–Crippen MR) is 70.0 cm³/mol. The van der Waals surface area contributed by atoms with Crippen molar-refractivity contribution in [1.82, 2.24) is 9.97 Å². The highest BCUT2D eigenvalue weighted by molar-refractivity contribution is 7.98. The third kappa shape index (κ3) is 3.45. The van der Waals surface area contributed by atoms with Gasteiger partial charge in [0.25, 0.3) is 0 Å². The number of nitrogens with zero attached hydrogens (tertiary/aromatic N) is 2. The van der Waals surface area contributed by atoms with E-state index in [2.05, 4.69) is 9.97 Å². The normalized spacial score (nSPS) is 10.3. The van der Waals surface area contributed by atoms with Gasteiger partial charge in [-0.3, -0.25) is 0 Å². The van der Waals surface area contributed by atoms with E-state index in [9.17, 15) is 4.79 Å². The molecule has 1 aromatic heterocycles. The maximum atomic E-state index is 10.8. The molecule has 0 radical (unpaired) electrons. The Labute approximate surface area is 113 Å². The van der Waals surface area contributed by atoms with Crippen LogP contribution in [-0.4, -0.2) is 21.0 Å². The van der Waals surface area contributed by atoms with Gasteiger partial charge in [0.2, 0.25) is 0 Å². The number of rotatable bonds is 4. The highest BCUT2D eigenvalue weighted by Crippen LogP contribution is 2.23. The lowest BCUT2D eigenvalue weighted by atomic mass is 10.4. The average Bonchev–Trinajstić information content (AvgIpc) is 2.37. The Hall–Kier alpha value is -1.59. The Kier molecular flexibility index (Phi) is 4.17. The smallest absolute Gasteiger partial charge is 0.354 e. The summed E-state index contributed by atoms with van der Waals surface area (Å²) in [6, 6.07) is 8.80. The van der Waals surface area contributed by atoms with Crippen molar-refractivity contribution in [2.45, 2.75) is 10.6 Å². The van der Waals surface area contributed by atoms with Gasteiger partial charge < -0.3 is 5.11 Å². The van der Waals surface area contributed by atoms with Crippen LogP contribution in [0.15, 0.2) is 41.4 Å². The quantitative estimate of drug-likeness (QED) is 0.872. The number of thioether (sulfide) groups is 1. The standard InChI is InChI=1S/C12H9ClN2O2S/c13-8-2-1-3-9(6-8)18-7-11-14-5-4-10(15-11)12(16)17/h1-6H,7H2,(H,16,17). The number of aromatic nitrogens is 2. The molecule has 0 bridgehead atoms. The first-order chi connectivity index (χ1) is 8.65. The van der Waals surface area contributed by atoms with Gasteiger partial charge in [0, 0.05) is 16.1 Å². The Morgan fingerprint density at radius 1 is 1.39 bits per heavy atom. The number of benzene rings is 1. The predicted octanol–water partition coefficient (Wildman–Crippen LogP) is 3.12. The lowest BCUT2D eigenvalue weighted by Gasteiger charge is -2.02. The van der Waals surface area contributed by atoms with E-state index in [1.807, 2.05) is 18.2 Å². The molecular weight excluding hydrogens is 272 g/mol. The van der Waals surface area contributed by atoms with Crippen LogP contribution in [0.25, 0.3) is 0 Å². The largest absolute Gasteiger partial charge is 0.477 e. The summed E-state index contributed by atoms with van der Waals surface area (Å²) in [7, 11) is 0. The summed E-state index contributed by atoms with van der Waals surface area (Å²) < 4.78 is 0. The van der Waals surface area contributed by atoms with Crippen molar-refractivity contribution in [2.75, 3.05) is 0 Å². The van der Waals surface area contributed by atoms with Gasteiger partial charge in [-0.25, -0.2) is 14.8 Å². The summed E-state index contributed by atoms with van der Waals surface area (Å²) in [6.45, 7) is 0. The van der Waals surface area contributed by atoms with Crippen LogP contribution in [0.2, 0.25) is 5.02 Å². The lowest BCUT2D eigenvalue weighted by molar-refractivity contribution is 0.0690. The number of carboxylic acid groups (broad SMARTS) is 1. The molecule has 92 valence electrons. The zero-order valence-electron chi connectivity index (χ0n) is 9.21. The molecule has 0 atom stereocenters. The van der Waals surface area contributed by atoms with Crippen LogP contribution in [0.5, 0.6) is 0 Å². The van der Waals surface area contributed by atoms with Gasteiger partial charge in [0.1, 0.15) is 5.82 Å². The van der Waals surface area contributed by atoms with Gasteiger partial charge in [-0.05, 0) is 24.3 Å². The van der Waals surface area contributed by atoms with Gasteiger partial charge in [0.05, 0.1) is 5.75 Å². The fourth-order valence-electron chi connectivity index (χ4n) is 1.29. The second-order valence-corrected chi connectivity index (χ2v) is 4.89. The summed E-state index contributed by atoms with van der Waals surface area (Å²) in [4.78, 5) is 19.7. The van der Waals surface area contributed by atoms with Crippen LogP contribution in [0.1, 0.15) is 16.3 Å². The third-order valence-electron chi connectivity index (χ3n) is 2.09. The Bertz CT molecular complexity index is 578. The zero-order chi connectivity index (χ0) is 13.0. The first-order valence-electron chi connectivity index (χ1n) is 5.09. The van der Waals surface area contributed by atoms with Crippen LogP contribution in [-0.2, 0) is 5.75 Å². The Morgan fingerprint density at radius 3 is 2.94 bits per heavy atom. The maximum Gasteiger partial charge on any atom is 0.354 e. The lowest BCUT2D eigenvalue weighted by Crippen LogP contribution is -2.03. The highest BCUT2D eigenvalue weighted by Gasteiger charge is 2.06. The van der Waals surface area contributed by atoms with Crippen LogP contribution < -0.4 is 0 Å². The number of hydrogen-bond donors (Lipinski definition) is 1. The second kappa shape index (κ2) is 5.84. The van der Waals surface area contributed by atoms with Crippen molar-refractivity contribution in [3.05, 3.63) is 53.1 Å². The SMILES string of the molecule is O=C(O)c1ccnc(CSc2cccc(Cl)c2)n1. The van der Waals surface area contributed by atoms with Crippen molar-refractivity contribution in [2.24, 2.45) is 0 Å². The van der Waals surface area contributed by atoms with Crippen molar-refractivity contribution >= 4 is 29.3 Å². The molecule has 1 N–H and O–H groups in total. The van der Waals surface area contributed by atoms with E-state index in [4.69, 9.17) is 16.7 Å². The molecular formula is C12H9ClN2O2S. The summed E-state index contributed by atoms with van der Waals surface area (Å²) in [5, 5.41) is 9.48. The van der Waals surface area contributed by atoms with Gasteiger partial charge in [-0.15, -0.1) is 11.8 Å². The molecule has 0 fully saturated rings. The molecule has 2 aromatic rings. The van der Waals surface area contributed by atoms with Gasteiger partial charge in [-0.2, -0.15) is 0 Å². The average molecular weight is 281 g/mol. The minimum Gasteiger partial charge on any atom is -0.477 e. The van der Waals surface area contributed by atoms with Crippen LogP contribution in [0, 0.1) is 0 Å². The van der Waals surface area contributed by atoms with E-state index in [-0.39, 0.29) is 5.69 Å². The molecule has 0 saturated heterocycles. The fourth-order valence-corrected chi connectivity index (χ4v) is 2.37. The molecule has 0 spiro atoms. The molecule has 0 unspecified atom stereocenters. The van der Waals surface area contributed by atoms with E-state index in [0.717, 1.165) is 4.90 Å². The van der Waals surface area contributed by atoms with E-state index in [1.165, 1.54) is 24.0 Å². The molecule has 2 rings (SSSR count). The monoisotopic (exact) mass is 280 g/mol. The Morgan fingerprint density at radius 2 is 2.22 bits per heavy atom. The molecule has 4 nitrogen and oxygen atoms in total. The Balaban J connectivity index is 2.06. The van der Waals surface area contributed by atoms with Crippen LogP contribution in [0.3, 0.4) is 0 Å². The van der Waals surface area contributed by atoms with Gasteiger partial charge in [0.15, 0.2) is 5.69 Å². The van der Waals surface area contributed by atoms with E-state index in [1.54, 1.807) is 6.07 Å². The molecule has 0 aliphatic heterocycles. The maximum absolute atomic E-state index is 10.8. The number of aromatic carboxylic acids is 1. The fraction of sp³-hybridized carbons (Fsp3) is 0.0833. The summed E-state index contributed by atoms with van der Waals surface area (Å²) >= 11 is 7.38. The summed E-state index contributed by atoms with van der Waals surface area (Å²) in [5.74, 6) is -0.0622. The van der Waals surface area contributed by atoms with Crippen molar-refractivity contribution < 1.29 is 9.90 Å². The molecule has 0 saturated carbocycles. The van der Waals surface area contributed by atoms with Crippen molar-refractivity contribution in [3.8, 4) is 0 Å². The minimum atomic E-state index is -1.05. The number of carboxylic acids is 1. The number of halogens is 1. The van der Waals surface area contributed by atoms with E-state index >= 15 is 0 Å². The van der Waals surface area contributed by atoms with Crippen LogP contribution in [0.4, 0.5) is 0 Å². The second-order valence-electron chi connectivity index (χ2n) is 3.41. The molecule has 6 heteroatoms. The molecule has 0 aliphatic carbocycles. The number of carbonyl (C=O) groups is 1. The van der Waals surface area contributed by atoms with Crippen LogP contribution >= 0.6 is 23.4 Å². The number of hydrogen-bond acceptors (Lipinski definition) is 4. The molecule has 0 amide bonds. The zero-order valence-corrected chi connectivity index (χ0v) is 10.8. The topological polar surface area (TPSA) is 63.1 Å². The highest BCUT2D eigenvalue weighted by atomic mass is 35.5. The summed E-state index contributed by atoms with van der Waals surface area (Å²) in [5.41, 5.74) is 0.00620. The molecule has 1 aromatic carbocycles. The van der Waals surface area contributed by atoms with E-state index < -0.39 is 5.97 Å². The minimum absolute atomic E-state index is 0.00620. The third-order valence-corrected chi connectivity index (χ3v) is 3.31. The summed E-state index contributed by atoms with van der Waals surface area (Å²) in [6.07, 6.45) is 1.45. The first kappa shape index (κ1) is 12.9. The molecule has 18 heavy (non-hydrogen) atoms. The molecule has 1 heterocycles. The molecule has 0 aliphatic rings. The first-order valence-corrected chi connectivity index (χ1v) is 6.45. The van der Waals surface area contributed by atoms with E-state index in [0.29, 0.717) is 16.6 Å². The van der Waals surface area contributed by atoms with Gasteiger partial charge in [-0.1, -0.05) is 17.7 Å².